The maximum Gasteiger partial charge on any atom is 0.0413 e. The highest BCUT2D eigenvalue weighted by Gasteiger charge is 2.50. The fourth-order valence-electron chi connectivity index (χ4n) is 3.12. The van der Waals surface area contributed by atoms with Gasteiger partial charge in [-0.3, -0.25) is 0 Å². The van der Waals surface area contributed by atoms with Gasteiger partial charge in [0.2, 0.25) is 0 Å². The molecule has 2 nitrogen and oxygen atoms in total. The quantitative estimate of drug-likeness (QED) is 0.897. The van der Waals surface area contributed by atoms with Crippen molar-refractivity contribution in [3.8, 4) is 0 Å². The van der Waals surface area contributed by atoms with E-state index in [4.69, 9.17) is 0 Å². The van der Waals surface area contributed by atoms with Gasteiger partial charge in [-0.2, -0.15) is 0 Å². The van der Waals surface area contributed by atoms with E-state index in [0.717, 1.165) is 6.54 Å². The molecule has 0 radical (unpaired) electrons. The van der Waals surface area contributed by atoms with Gasteiger partial charge in [-0.25, -0.2) is 0 Å². The molecule has 1 aromatic carbocycles. The van der Waals surface area contributed by atoms with Crippen molar-refractivity contribution in [1.29, 1.82) is 0 Å². The van der Waals surface area contributed by atoms with Crippen molar-refractivity contribution in [2.45, 2.75) is 25.8 Å². The Kier molecular flexibility index (Phi) is 4.15. The number of aryl methyl sites for hydroxylation is 1. The highest BCUT2D eigenvalue weighted by molar-refractivity contribution is 9.10. The van der Waals surface area contributed by atoms with Crippen LogP contribution in [0.15, 0.2) is 22.7 Å². The van der Waals surface area contributed by atoms with E-state index in [1.165, 1.54) is 28.4 Å². The zero-order valence-corrected chi connectivity index (χ0v) is 13.3. The zero-order chi connectivity index (χ0) is 13.3. The Morgan fingerprint density at radius 2 is 2.06 bits per heavy atom. The fourth-order valence-corrected chi connectivity index (χ4v) is 3.50. The molecule has 0 bridgehead atoms. The normalized spacial score (nSPS) is 19.0. The molecular weight excluding hydrogens is 288 g/mol. The van der Waals surface area contributed by atoms with Crippen molar-refractivity contribution in [3.05, 3.63) is 33.8 Å². The molecule has 2 rings (SSSR count). The molecular formula is C15H23BrN2. The number of nitrogens with zero attached hydrogens (tertiary/aromatic N) is 1. The van der Waals surface area contributed by atoms with Crippen molar-refractivity contribution in [3.63, 3.8) is 0 Å². The molecule has 1 aliphatic carbocycles. The molecule has 1 aliphatic rings. The second kappa shape index (κ2) is 5.32. The van der Waals surface area contributed by atoms with Crippen LogP contribution in [-0.2, 0) is 0 Å². The molecule has 0 spiro atoms. The molecule has 0 aromatic heterocycles. The summed E-state index contributed by atoms with van der Waals surface area (Å²) in [6, 6.07) is 7.13. The van der Waals surface area contributed by atoms with Crippen LogP contribution in [0.1, 0.15) is 30.0 Å². The molecule has 18 heavy (non-hydrogen) atoms. The van der Waals surface area contributed by atoms with E-state index >= 15 is 0 Å². The van der Waals surface area contributed by atoms with Crippen molar-refractivity contribution >= 4 is 15.9 Å². The summed E-state index contributed by atoms with van der Waals surface area (Å²) in [6.45, 7) is 3.32. The molecule has 0 heterocycles. The minimum atomic E-state index is 0.420. The largest absolute Gasteiger partial charge is 0.319 e. The summed E-state index contributed by atoms with van der Waals surface area (Å²) in [5, 5.41) is 3.37. The van der Waals surface area contributed by atoms with Crippen LogP contribution in [0, 0.1) is 12.3 Å². The lowest BCUT2D eigenvalue weighted by atomic mass is 9.86. The van der Waals surface area contributed by atoms with Crippen molar-refractivity contribution in [2.24, 2.45) is 5.41 Å². The minimum Gasteiger partial charge on any atom is -0.319 e. The Morgan fingerprint density at radius 3 is 2.56 bits per heavy atom. The van der Waals surface area contributed by atoms with Crippen molar-refractivity contribution < 1.29 is 0 Å². The summed E-state index contributed by atoms with van der Waals surface area (Å²) in [6.07, 6.45) is 2.64. The summed E-state index contributed by atoms with van der Waals surface area (Å²) in [5.74, 6) is 0. The van der Waals surface area contributed by atoms with Gasteiger partial charge in [-0.15, -0.1) is 0 Å². The maximum atomic E-state index is 3.61. The Labute approximate surface area is 119 Å². The Hall–Kier alpha value is -0.380. The second-order valence-electron chi connectivity index (χ2n) is 5.76. The SMILES string of the molecule is CNCC1(C(c2cc(Br)ccc2C)N(C)C)CC1. The first-order valence-corrected chi connectivity index (χ1v) is 7.36. The van der Waals surface area contributed by atoms with Gasteiger partial charge in [-0.05, 0) is 64.2 Å². The van der Waals surface area contributed by atoms with Crippen LogP contribution in [0.25, 0.3) is 0 Å². The molecule has 0 aliphatic heterocycles. The number of halogens is 1. The van der Waals surface area contributed by atoms with Gasteiger partial charge >= 0.3 is 0 Å². The van der Waals surface area contributed by atoms with Crippen LogP contribution < -0.4 is 5.32 Å². The minimum absolute atomic E-state index is 0.420. The first-order valence-electron chi connectivity index (χ1n) is 6.57. The molecule has 1 N–H and O–H groups in total. The van der Waals surface area contributed by atoms with Gasteiger partial charge in [-0.1, -0.05) is 22.0 Å². The van der Waals surface area contributed by atoms with E-state index in [0.29, 0.717) is 11.5 Å². The zero-order valence-electron chi connectivity index (χ0n) is 11.8. The lowest BCUT2D eigenvalue weighted by molar-refractivity contribution is 0.191. The molecule has 100 valence electrons. The topological polar surface area (TPSA) is 15.3 Å². The molecule has 0 saturated heterocycles. The second-order valence-corrected chi connectivity index (χ2v) is 6.68. The van der Waals surface area contributed by atoms with Gasteiger partial charge in [0.05, 0.1) is 0 Å². The van der Waals surface area contributed by atoms with Crippen molar-refractivity contribution in [1.82, 2.24) is 10.2 Å². The average Bonchev–Trinajstić information content (AvgIpc) is 3.04. The maximum absolute atomic E-state index is 3.61. The van der Waals surface area contributed by atoms with Crippen LogP contribution in [0.5, 0.6) is 0 Å². The predicted molar refractivity (Wildman–Crippen MR) is 80.9 cm³/mol. The first kappa shape index (κ1) is 14.0. The predicted octanol–water partition coefficient (Wildman–Crippen LogP) is 3.36. The van der Waals surface area contributed by atoms with Gasteiger partial charge in [0.25, 0.3) is 0 Å². The molecule has 1 atom stereocenters. The van der Waals surface area contributed by atoms with Crippen LogP contribution in [-0.4, -0.2) is 32.6 Å². The molecule has 3 heteroatoms. The van der Waals surface area contributed by atoms with Crippen LogP contribution >= 0.6 is 15.9 Å². The van der Waals surface area contributed by atoms with E-state index in [1.807, 2.05) is 0 Å². The Morgan fingerprint density at radius 1 is 1.39 bits per heavy atom. The van der Waals surface area contributed by atoms with Gasteiger partial charge in [0.1, 0.15) is 0 Å². The van der Waals surface area contributed by atoms with Crippen LogP contribution in [0.3, 0.4) is 0 Å². The van der Waals surface area contributed by atoms with Crippen LogP contribution in [0.2, 0.25) is 0 Å². The van der Waals surface area contributed by atoms with E-state index in [9.17, 15) is 0 Å². The van der Waals surface area contributed by atoms with E-state index in [1.54, 1.807) is 0 Å². The highest BCUT2D eigenvalue weighted by atomic mass is 79.9. The van der Waals surface area contributed by atoms with Crippen LogP contribution in [0.4, 0.5) is 0 Å². The Bertz CT molecular complexity index is 425. The average molecular weight is 311 g/mol. The lowest BCUT2D eigenvalue weighted by Gasteiger charge is -2.34. The van der Waals surface area contributed by atoms with Crippen molar-refractivity contribution in [2.75, 3.05) is 27.7 Å². The van der Waals surface area contributed by atoms with Gasteiger partial charge < -0.3 is 10.2 Å². The molecule has 1 saturated carbocycles. The number of hydrogen-bond donors (Lipinski definition) is 1. The van der Waals surface area contributed by atoms with E-state index in [2.05, 4.69) is 72.4 Å². The summed E-state index contributed by atoms with van der Waals surface area (Å²) >= 11 is 3.61. The van der Waals surface area contributed by atoms with Gasteiger partial charge in [0, 0.05) is 22.5 Å². The number of hydrogen-bond acceptors (Lipinski definition) is 2. The number of benzene rings is 1. The molecule has 1 unspecified atom stereocenters. The molecule has 1 fully saturated rings. The fraction of sp³-hybridized carbons (Fsp3) is 0.600. The summed E-state index contributed by atoms with van der Waals surface area (Å²) in [5.41, 5.74) is 3.27. The smallest absolute Gasteiger partial charge is 0.0413 e. The first-order chi connectivity index (χ1) is 8.50. The highest BCUT2D eigenvalue weighted by Crippen LogP contribution is 2.56. The van der Waals surface area contributed by atoms with E-state index < -0.39 is 0 Å². The third kappa shape index (κ3) is 2.63. The number of nitrogens with one attached hydrogen (secondary N) is 1. The summed E-state index contributed by atoms with van der Waals surface area (Å²) < 4.78 is 1.18. The Balaban J connectivity index is 2.39. The molecule has 1 aromatic rings. The number of rotatable bonds is 5. The third-order valence-electron chi connectivity index (χ3n) is 4.05. The summed E-state index contributed by atoms with van der Waals surface area (Å²) in [7, 11) is 6.45. The standard InChI is InChI=1S/C15H23BrN2/c1-11-5-6-12(16)9-13(11)14(18(3)4)15(7-8-15)10-17-2/h5-6,9,14,17H,7-8,10H2,1-4H3. The van der Waals surface area contributed by atoms with Gasteiger partial charge in [0.15, 0.2) is 0 Å². The van der Waals surface area contributed by atoms with E-state index in [-0.39, 0.29) is 0 Å². The third-order valence-corrected chi connectivity index (χ3v) is 4.55. The lowest BCUT2D eigenvalue weighted by Crippen LogP contribution is -2.35. The molecule has 0 amide bonds. The monoisotopic (exact) mass is 310 g/mol. The summed E-state index contributed by atoms with van der Waals surface area (Å²) in [4.78, 5) is 2.37.